The van der Waals surface area contributed by atoms with Gasteiger partial charge in [0.05, 0.1) is 5.56 Å². The van der Waals surface area contributed by atoms with Gasteiger partial charge in [-0.15, -0.1) is 0 Å². The Morgan fingerprint density at radius 1 is 1.21 bits per heavy atom. The van der Waals surface area contributed by atoms with Crippen molar-refractivity contribution >= 4 is 11.0 Å². The number of fused-ring (bicyclic) bond motifs is 1. The van der Waals surface area contributed by atoms with E-state index in [0.717, 1.165) is 6.07 Å². The molecule has 74 valence electrons. The summed E-state index contributed by atoms with van der Waals surface area (Å²) in [4.78, 5) is 0. The minimum Gasteiger partial charge on any atom is -0.461 e. The molecular weight excluding hydrogens is 193 g/mol. The minimum absolute atomic E-state index is 0.123. The fourth-order valence-electron chi connectivity index (χ4n) is 1.44. The second-order valence-electron chi connectivity index (χ2n) is 3.07. The molecule has 0 unspecified atom stereocenters. The molecule has 1 aromatic carbocycles. The van der Waals surface area contributed by atoms with Crippen molar-refractivity contribution in [3.8, 4) is 0 Å². The summed E-state index contributed by atoms with van der Waals surface area (Å²) in [7, 11) is 0. The van der Waals surface area contributed by atoms with E-state index in [9.17, 15) is 13.2 Å². The molecule has 0 saturated heterocycles. The quantitative estimate of drug-likeness (QED) is 0.631. The van der Waals surface area contributed by atoms with Crippen molar-refractivity contribution < 1.29 is 17.6 Å². The molecule has 0 aliphatic rings. The maximum absolute atomic E-state index is 12.5. The number of rotatable bonds is 0. The first-order valence-electron chi connectivity index (χ1n) is 4.05. The molecular formula is C10H7F3O. The van der Waals surface area contributed by atoms with Gasteiger partial charge >= 0.3 is 6.18 Å². The highest BCUT2D eigenvalue weighted by molar-refractivity contribution is 5.82. The average molecular weight is 200 g/mol. The molecule has 1 aromatic heterocycles. The van der Waals surface area contributed by atoms with Crippen molar-refractivity contribution in [3.63, 3.8) is 0 Å². The summed E-state index contributed by atoms with van der Waals surface area (Å²) in [6.45, 7) is 1.63. The van der Waals surface area contributed by atoms with Crippen LogP contribution in [0.4, 0.5) is 13.2 Å². The van der Waals surface area contributed by atoms with Crippen molar-refractivity contribution in [1.82, 2.24) is 0 Å². The summed E-state index contributed by atoms with van der Waals surface area (Å²) < 4.78 is 42.6. The predicted molar refractivity (Wildman–Crippen MR) is 46.0 cm³/mol. The molecule has 0 aliphatic heterocycles. The van der Waals surface area contributed by atoms with Crippen LogP contribution < -0.4 is 0 Å². The van der Waals surface area contributed by atoms with E-state index in [1.165, 1.54) is 18.2 Å². The Morgan fingerprint density at radius 2 is 1.93 bits per heavy atom. The summed E-state index contributed by atoms with van der Waals surface area (Å²) in [5, 5.41) is 0.123. The lowest BCUT2D eigenvalue weighted by molar-refractivity contribution is -0.136. The lowest BCUT2D eigenvalue weighted by atomic mass is 10.1. The standard InChI is InChI=1S/C10H7F3O/c1-6-5-7-8(10(11,12)13)3-2-4-9(7)14-6/h2-5H,1H3. The molecule has 2 rings (SSSR count). The van der Waals surface area contributed by atoms with Gasteiger partial charge < -0.3 is 4.42 Å². The number of aryl methyl sites for hydroxylation is 1. The Morgan fingerprint density at radius 3 is 2.57 bits per heavy atom. The van der Waals surface area contributed by atoms with E-state index in [2.05, 4.69) is 0 Å². The van der Waals surface area contributed by atoms with E-state index in [4.69, 9.17) is 4.42 Å². The molecule has 0 fully saturated rings. The monoisotopic (exact) mass is 200 g/mol. The Kier molecular flexibility index (Phi) is 1.80. The molecule has 0 spiro atoms. The van der Waals surface area contributed by atoms with Crippen LogP contribution in [0.15, 0.2) is 28.7 Å². The van der Waals surface area contributed by atoms with E-state index >= 15 is 0 Å². The SMILES string of the molecule is Cc1cc2c(C(F)(F)F)cccc2o1. The molecule has 4 heteroatoms. The summed E-state index contributed by atoms with van der Waals surface area (Å²) in [5.74, 6) is 0.483. The fourth-order valence-corrected chi connectivity index (χ4v) is 1.44. The van der Waals surface area contributed by atoms with Crippen LogP contribution in [-0.4, -0.2) is 0 Å². The average Bonchev–Trinajstić information content (AvgIpc) is 2.41. The third kappa shape index (κ3) is 1.36. The number of hydrogen-bond acceptors (Lipinski definition) is 1. The van der Waals surface area contributed by atoms with Crippen LogP contribution in [0, 0.1) is 6.92 Å². The van der Waals surface area contributed by atoms with Crippen molar-refractivity contribution in [2.24, 2.45) is 0 Å². The van der Waals surface area contributed by atoms with E-state index in [1.807, 2.05) is 0 Å². The van der Waals surface area contributed by atoms with E-state index in [-0.39, 0.29) is 11.0 Å². The zero-order valence-electron chi connectivity index (χ0n) is 7.35. The topological polar surface area (TPSA) is 13.1 Å². The molecule has 1 heterocycles. The Balaban J connectivity index is 2.77. The highest BCUT2D eigenvalue weighted by atomic mass is 19.4. The lowest BCUT2D eigenvalue weighted by Gasteiger charge is -2.06. The van der Waals surface area contributed by atoms with Crippen molar-refractivity contribution in [2.45, 2.75) is 13.1 Å². The smallest absolute Gasteiger partial charge is 0.417 e. The van der Waals surface area contributed by atoms with Gasteiger partial charge in [-0.3, -0.25) is 0 Å². The van der Waals surface area contributed by atoms with Crippen LogP contribution in [-0.2, 0) is 6.18 Å². The molecule has 0 radical (unpaired) electrons. The lowest BCUT2D eigenvalue weighted by Crippen LogP contribution is -2.04. The van der Waals surface area contributed by atoms with Gasteiger partial charge in [-0.1, -0.05) is 6.07 Å². The Hall–Kier alpha value is -1.45. The second kappa shape index (κ2) is 2.77. The first kappa shape index (κ1) is 9.12. The molecule has 2 aromatic rings. The molecule has 0 bridgehead atoms. The van der Waals surface area contributed by atoms with Crippen molar-refractivity contribution in [3.05, 3.63) is 35.6 Å². The van der Waals surface area contributed by atoms with Gasteiger partial charge in [-0.25, -0.2) is 0 Å². The first-order valence-corrected chi connectivity index (χ1v) is 4.05. The van der Waals surface area contributed by atoms with E-state index < -0.39 is 11.7 Å². The molecule has 0 atom stereocenters. The number of furan rings is 1. The molecule has 1 nitrogen and oxygen atoms in total. The number of benzene rings is 1. The van der Waals surface area contributed by atoms with Crippen LogP contribution in [0.2, 0.25) is 0 Å². The highest BCUT2D eigenvalue weighted by Crippen LogP contribution is 2.35. The van der Waals surface area contributed by atoms with Gasteiger partial charge in [0.1, 0.15) is 11.3 Å². The molecule has 0 saturated carbocycles. The number of hydrogen-bond donors (Lipinski definition) is 0. The normalized spacial score (nSPS) is 12.3. The van der Waals surface area contributed by atoms with Crippen LogP contribution in [0.3, 0.4) is 0 Å². The van der Waals surface area contributed by atoms with Crippen LogP contribution in [0.25, 0.3) is 11.0 Å². The predicted octanol–water partition coefficient (Wildman–Crippen LogP) is 3.76. The Labute approximate surface area is 78.1 Å². The summed E-state index contributed by atoms with van der Waals surface area (Å²) in [6, 6.07) is 5.32. The molecule has 0 N–H and O–H groups in total. The largest absolute Gasteiger partial charge is 0.461 e. The summed E-state index contributed by atoms with van der Waals surface area (Å²) >= 11 is 0. The number of halogens is 3. The van der Waals surface area contributed by atoms with Gasteiger partial charge in [-0.05, 0) is 25.1 Å². The zero-order valence-corrected chi connectivity index (χ0v) is 7.35. The Bertz CT molecular complexity index is 468. The van der Waals surface area contributed by atoms with E-state index in [1.54, 1.807) is 6.92 Å². The summed E-state index contributed by atoms with van der Waals surface area (Å²) in [5.41, 5.74) is -0.371. The third-order valence-corrected chi connectivity index (χ3v) is 1.99. The van der Waals surface area contributed by atoms with E-state index in [0.29, 0.717) is 5.76 Å². The van der Waals surface area contributed by atoms with Crippen LogP contribution in [0.5, 0.6) is 0 Å². The van der Waals surface area contributed by atoms with Gasteiger partial charge in [0, 0.05) is 5.39 Å². The molecule has 0 aliphatic carbocycles. The van der Waals surface area contributed by atoms with Crippen molar-refractivity contribution in [2.75, 3.05) is 0 Å². The van der Waals surface area contributed by atoms with Crippen LogP contribution >= 0.6 is 0 Å². The third-order valence-electron chi connectivity index (χ3n) is 1.99. The first-order chi connectivity index (χ1) is 6.48. The molecule has 14 heavy (non-hydrogen) atoms. The maximum Gasteiger partial charge on any atom is 0.417 e. The van der Waals surface area contributed by atoms with Crippen LogP contribution in [0.1, 0.15) is 11.3 Å². The second-order valence-corrected chi connectivity index (χ2v) is 3.07. The summed E-state index contributed by atoms with van der Waals surface area (Å²) in [6.07, 6.45) is -4.32. The fraction of sp³-hybridized carbons (Fsp3) is 0.200. The highest BCUT2D eigenvalue weighted by Gasteiger charge is 2.32. The zero-order chi connectivity index (χ0) is 10.3. The van der Waals surface area contributed by atoms with Crippen molar-refractivity contribution in [1.29, 1.82) is 0 Å². The van der Waals surface area contributed by atoms with Gasteiger partial charge in [0.15, 0.2) is 0 Å². The number of alkyl halides is 3. The van der Waals surface area contributed by atoms with Gasteiger partial charge in [-0.2, -0.15) is 13.2 Å². The molecule has 0 amide bonds. The maximum atomic E-state index is 12.5. The van der Waals surface area contributed by atoms with Gasteiger partial charge in [0.25, 0.3) is 0 Å². The van der Waals surface area contributed by atoms with Gasteiger partial charge in [0.2, 0.25) is 0 Å². The minimum atomic E-state index is -4.32.